The molecule has 0 aromatic carbocycles. The Kier molecular flexibility index (Phi) is 3.70. The van der Waals surface area contributed by atoms with E-state index in [1.54, 1.807) is 0 Å². The van der Waals surface area contributed by atoms with Gasteiger partial charge < -0.3 is 19.4 Å². The van der Waals surface area contributed by atoms with Gasteiger partial charge in [-0.05, 0) is 0 Å². The summed E-state index contributed by atoms with van der Waals surface area (Å²) in [5.41, 5.74) is 0. The highest BCUT2D eigenvalue weighted by Gasteiger charge is 2.05. The third kappa shape index (κ3) is 5.87. The molecule has 0 aliphatic carbocycles. The van der Waals surface area contributed by atoms with Gasteiger partial charge in [0, 0.05) is 0 Å². The van der Waals surface area contributed by atoms with Crippen molar-refractivity contribution < 1.29 is 28.8 Å². The van der Waals surface area contributed by atoms with E-state index in [9.17, 15) is 14.3 Å². The van der Waals surface area contributed by atoms with E-state index in [-0.39, 0.29) is 0 Å². The van der Waals surface area contributed by atoms with E-state index < -0.39 is 26.8 Å². The van der Waals surface area contributed by atoms with Crippen LogP contribution in [0, 0.1) is 0 Å². The lowest BCUT2D eigenvalue weighted by Crippen LogP contribution is -2.14. The first kappa shape index (κ1) is 9.74. The Hall–Kier alpha value is -0.260. The zero-order valence-corrected chi connectivity index (χ0v) is 5.78. The predicted molar refractivity (Wildman–Crippen MR) is 27.9 cm³/mol. The van der Waals surface area contributed by atoms with Crippen molar-refractivity contribution in [3.63, 3.8) is 0 Å². The number of carbonyl (C=O) groups excluding carboxylic acids is 1. The molecule has 7 heteroatoms. The van der Waals surface area contributed by atoms with Crippen molar-refractivity contribution in [1.29, 1.82) is 0 Å². The molecule has 0 saturated carbocycles. The van der Waals surface area contributed by atoms with Crippen LogP contribution in [0.5, 0.6) is 0 Å². The average Bonchev–Trinajstić information content (AvgIpc) is 1.81. The number of phosphoric acid groups is 1. The fourth-order valence-electron chi connectivity index (χ4n) is 0.199. The summed E-state index contributed by atoms with van der Waals surface area (Å²) in [5, 5.41) is 8.03. The van der Waals surface area contributed by atoms with Crippen molar-refractivity contribution >= 4 is 13.6 Å². The molecule has 2 N–H and O–H groups in total. The van der Waals surface area contributed by atoms with Gasteiger partial charge in [-0.2, -0.15) is 0 Å². The van der Waals surface area contributed by atoms with Gasteiger partial charge in [-0.1, -0.05) is 0 Å². The minimum atomic E-state index is -4.81. The molecular formula is C3H6O6P-. The number of aliphatic hydroxyl groups excluding tert-OH is 1. The highest BCUT2D eigenvalue weighted by Crippen LogP contribution is 2.29. The maximum absolute atomic E-state index is 10.1. The quantitative estimate of drug-likeness (QED) is 0.472. The van der Waals surface area contributed by atoms with Gasteiger partial charge >= 0.3 is 0 Å². The van der Waals surface area contributed by atoms with Crippen molar-refractivity contribution in [1.82, 2.24) is 0 Å². The molecule has 0 heterocycles. The first-order valence-electron chi connectivity index (χ1n) is 2.26. The van der Waals surface area contributed by atoms with Crippen molar-refractivity contribution in [2.75, 3.05) is 13.2 Å². The molecule has 0 aliphatic heterocycles. The van der Waals surface area contributed by atoms with Gasteiger partial charge in [-0.15, -0.1) is 0 Å². The third-order valence-electron chi connectivity index (χ3n) is 0.565. The molecule has 6 nitrogen and oxygen atoms in total. The van der Waals surface area contributed by atoms with Crippen LogP contribution in [0.4, 0.5) is 0 Å². The van der Waals surface area contributed by atoms with Crippen LogP contribution in [0.1, 0.15) is 0 Å². The summed E-state index contributed by atoms with van der Waals surface area (Å²) in [4.78, 5) is 27.8. The Morgan fingerprint density at radius 2 is 2.20 bits per heavy atom. The average molecular weight is 169 g/mol. The van der Waals surface area contributed by atoms with E-state index in [2.05, 4.69) is 4.52 Å². The largest absolute Gasteiger partial charge is 0.756 e. The molecule has 1 atom stereocenters. The zero-order chi connectivity index (χ0) is 8.20. The number of rotatable bonds is 4. The molecule has 60 valence electrons. The molecular weight excluding hydrogens is 163 g/mol. The number of ketones is 1. The van der Waals surface area contributed by atoms with Gasteiger partial charge in [0.1, 0.15) is 13.2 Å². The van der Waals surface area contributed by atoms with Crippen LogP contribution >= 0.6 is 7.82 Å². The number of hydrogen-bond acceptors (Lipinski definition) is 5. The zero-order valence-electron chi connectivity index (χ0n) is 4.89. The molecule has 0 aromatic rings. The normalized spacial score (nSPS) is 16.3. The summed E-state index contributed by atoms with van der Waals surface area (Å²) in [7, 11) is -4.81. The Morgan fingerprint density at radius 1 is 1.70 bits per heavy atom. The number of hydrogen-bond donors (Lipinski definition) is 2. The molecule has 0 fully saturated rings. The first-order valence-corrected chi connectivity index (χ1v) is 3.76. The van der Waals surface area contributed by atoms with Crippen molar-refractivity contribution in [3.8, 4) is 0 Å². The van der Waals surface area contributed by atoms with Crippen molar-refractivity contribution in [3.05, 3.63) is 0 Å². The SMILES string of the molecule is O=C(CO)COP(=O)([O-])O. The molecule has 0 amide bonds. The lowest BCUT2D eigenvalue weighted by atomic mass is 10.5. The number of carbonyl (C=O) groups is 1. The summed E-state index contributed by atoms with van der Waals surface area (Å²) in [6, 6.07) is 0. The minimum absolute atomic E-state index is 0.806. The summed E-state index contributed by atoms with van der Waals surface area (Å²) >= 11 is 0. The van der Waals surface area contributed by atoms with Crippen LogP contribution in [0.2, 0.25) is 0 Å². The third-order valence-corrected chi connectivity index (χ3v) is 1.02. The number of phosphoric ester groups is 1. The molecule has 1 unspecified atom stereocenters. The van der Waals surface area contributed by atoms with E-state index >= 15 is 0 Å². The summed E-state index contributed by atoms with van der Waals surface area (Å²) in [5.74, 6) is -0.815. The van der Waals surface area contributed by atoms with Crippen molar-refractivity contribution in [2.45, 2.75) is 0 Å². The van der Waals surface area contributed by atoms with Crippen LogP contribution in [0.25, 0.3) is 0 Å². The minimum Gasteiger partial charge on any atom is -0.756 e. The van der Waals surface area contributed by atoms with E-state index in [4.69, 9.17) is 10.00 Å². The molecule has 10 heavy (non-hydrogen) atoms. The molecule has 0 spiro atoms. The molecule has 0 saturated heterocycles. The molecule has 0 radical (unpaired) electrons. The Bertz CT molecular complexity index is 158. The van der Waals surface area contributed by atoms with E-state index in [0.29, 0.717) is 0 Å². The Morgan fingerprint density at radius 3 is 2.50 bits per heavy atom. The van der Waals surface area contributed by atoms with Crippen LogP contribution < -0.4 is 4.89 Å². The standard InChI is InChI=1S/C3H7O6P/c4-1-3(5)2-9-10(6,7)8/h4H,1-2H2,(H2,6,7,8)/p-1. The molecule has 0 aromatic heterocycles. The second-order valence-electron chi connectivity index (χ2n) is 1.44. The van der Waals surface area contributed by atoms with Gasteiger partial charge in [-0.25, -0.2) is 0 Å². The number of Topliss-reactive ketones (excluding diaryl/α,β-unsaturated/α-hetero) is 1. The fraction of sp³-hybridized carbons (Fsp3) is 0.667. The lowest BCUT2D eigenvalue weighted by molar-refractivity contribution is -0.219. The fourth-order valence-corrected chi connectivity index (χ4v) is 0.506. The second-order valence-corrected chi connectivity index (χ2v) is 2.63. The van der Waals surface area contributed by atoms with Gasteiger partial charge in [-0.3, -0.25) is 9.36 Å². The van der Waals surface area contributed by atoms with Gasteiger partial charge in [0.15, 0.2) is 5.78 Å². The monoisotopic (exact) mass is 169 g/mol. The Balaban J connectivity index is 3.56. The van der Waals surface area contributed by atoms with E-state index in [0.717, 1.165) is 0 Å². The second kappa shape index (κ2) is 3.80. The summed E-state index contributed by atoms with van der Waals surface area (Å²) in [6.45, 7) is -1.63. The smallest absolute Gasteiger partial charge is 0.265 e. The van der Waals surface area contributed by atoms with Crippen LogP contribution in [-0.2, 0) is 13.9 Å². The highest BCUT2D eigenvalue weighted by molar-refractivity contribution is 7.44. The molecule has 0 aliphatic rings. The molecule has 0 bridgehead atoms. The summed E-state index contributed by atoms with van der Waals surface area (Å²) in [6.07, 6.45) is 0. The van der Waals surface area contributed by atoms with Crippen molar-refractivity contribution in [2.24, 2.45) is 0 Å². The molecule has 0 rings (SSSR count). The Labute approximate surface area is 56.7 Å². The van der Waals surface area contributed by atoms with Crippen LogP contribution in [0.15, 0.2) is 0 Å². The maximum Gasteiger partial charge on any atom is 0.265 e. The topological polar surface area (TPSA) is 107 Å². The first-order chi connectivity index (χ1) is 4.45. The summed E-state index contributed by atoms with van der Waals surface area (Å²) < 4.78 is 13.4. The lowest BCUT2D eigenvalue weighted by Gasteiger charge is -2.13. The predicted octanol–water partition coefficient (Wildman–Crippen LogP) is -1.97. The van der Waals surface area contributed by atoms with Gasteiger partial charge in [0.25, 0.3) is 7.82 Å². The maximum atomic E-state index is 10.1. The van der Waals surface area contributed by atoms with Crippen LogP contribution in [0.3, 0.4) is 0 Å². The van der Waals surface area contributed by atoms with Gasteiger partial charge in [0.05, 0.1) is 0 Å². The van der Waals surface area contributed by atoms with E-state index in [1.165, 1.54) is 0 Å². The highest BCUT2D eigenvalue weighted by atomic mass is 31.2. The number of aliphatic hydroxyl groups is 1. The van der Waals surface area contributed by atoms with Crippen LogP contribution in [-0.4, -0.2) is 29.0 Å². The van der Waals surface area contributed by atoms with E-state index in [1.807, 2.05) is 0 Å². The van der Waals surface area contributed by atoms with Gasteiger partial charge in [0.2, 0.25) is 0 Å².